The van der Waals surface area contributed by atoms with Crippen LogP contribution in [0.5, 0.6) is 0 Å². The number of carbonyl (C=O) groups is 1. The van der Waals surface area contributed by atoms with Gasteiger partial charge in [0.1, 0.15) is 5.69 Å². The molecule has 1 aromatic carbocycles. The van der Waals surface area contributed by atoms with E-state index in [-0.39, 0.29) is 17.3 Å². The number of hydrogen-bond acceptors (Lipinski definition) is 5. The molecule has 11 heteroatoms. The molecule has 1 amide bonds. The molecule has 0 spiro atoms. The number of halogens is 3. The summed E-state index contributed by atoms with van der Waals surface area (Å²) in [5, 5.41) is 11.7. The number of aryl methyl sites for hydroxylation is 2. The number of amides is 1. The molecular formula is C20H18ClF2N7O. The Morgan fingerprint density at radius 3 is 2.61 bits per heavy atom. The third-order valence-corrected chi connectivity index (χ3v) is 5.16. The van der Waals surface area contributed by atoms with Gasteiger partial charge in [-0.2, -0.15) is 14.6 Å². The minimum atomic E-state index is -2.78. The van der Waals surface area contributed by atoms with Gasteiger partial charge < -0.3 is 5.32 Å². The van der Waals surface area contributed by atoms with Crippen molar-refractivity contribution in [1.29, 1.82) is 0 Å². The second-order valence-corrected chi connectivity index (χ2v) is 7.43. The number of carbonyl (C=O) groups excluding carboxylic acids is 1. The lowest BCUT2D eigenvalue weighted by atomic mass is 10.2. The predicted molar refractivity (Wildman–Crippen MR) is 111 cm³/mol. The summed E-state index contributed by atoms with van der Waals surface area (Å²) in [6.07, 6.45) is -2.78. The van der Waals surface area contributed by atoms with E-state index < -0.39 is 12.3 Å². The van der Waals surface area contributed by atoms with Crippen molar-refractivity contribution in [2.24, 2.45) is 0 Å². The van der Waals surface area contributed by atoms with Gasteiger partial charge >= 0.3 is 0 Å². The number of aromatic nitrogens is 6. The maximum absolute atomic E-state index is 13.3. The summed E-state index contributed by atoms with van der Waals surface area (Å²) in [5.74, 6) is -0.979. The van der Waals surface area contributed by atoms with Crippen LogP contribution in [0.15, 0.2) is 30.3 Å². The van der Waals surface area contributed by atoms with E-state index >= 15 is 0 Å². The van der Waals surface area contributed by atoms with Crippen LogP contribution in [0.2, 0.25) is 5.02 Å². The van der Waals surface area contributed by atoms with Crippen LogP contribution >= 0.6 is 11.6 Å². The van der Waals surface area contributed by atoms with Gasteiger partial charge in [-0.1, -0.05) is 29.8 Å². The lowest BCUT2D eigenvalue weighted by Crippen LogP contribution is -2.15. The Morgan fingerprint density at radius 1 is 1.16 bits per heavy atom. The highest BCUT2D eigenvalue weighted by atomic mass is 35.5. The fourth-order valence-electron chi connectivity index (χ4n) is 3.26. The molecule has 0 aliphatic carbocycles. The van der Waals surface area contributed by atoms with Crippen LogP contribution in [0, 0.1) is 20.8 Å². The normalized spacial score (nSPS) is 11.5. The van der Waals surface area contributed by atoms with E-state index in [2.05, 4.69) is 25.5 Å². The molecule has 4 aromatic rings. The third kappa shape index (κ3) is 3.98. The summed E-state index contributed by atoms with van der Waals surface area (Å²) >= 11 is 6.23. The topological polar surface area (TPSA) is 90.0 Å². The molecule has 0 atom stereocenters. The zero-order valence-corrected chi connectivity index (χ0v) is 17.7. The lowest BCUT2D eigenvalue weighted by molar-refractivity contribution is 0.101. The van der Waals surface area contributed by atoms with Crippen LogP contribution in [0.4, 0.5) is 14.5 Å². The Morgan fingerprint density at radius 2 is 1.90 bits per heavy atom. The maximum Gasteiger partial charge on any atom is 0.295 e. The van der Waals surface area contributed by atoms with Gasteiger partial charge in [-0.05, 0) is 38.5 Å². The second kappa shape index (κ2) is 8.03. The van der Waals surface area contributed by atoms with E-state index in [4.69, 9.17) is 11.6 Å². The zero-order valence-electron chi connectivity index (χ0n) is 16.9. The summed E-state index contributed by atoms with van der Waals surface area (Å²) in [5.41, 5.74) is 2.65. The Labute approximate surface area is 180 Å². The molecule has 0 aliphatic heterocycles. The van der Waals surface area contributed by atoms with Gasteiger partial charge in [0, 0.05) is 10.7 Å². The first kappa shape index (κ1) is 20.9. The van der Waals surface area contributed by atoms with Crippen molar-refractivity contribution in [2.45, 2.75) is 33.7 Å². The molecule has 4 rings (SSSR count). The van der Waals surface area contributed by atoms with Crippen LogP contribution in [-0.4, -0.2) is 35.3 Å². The van der Waals surface area contributed by atoms with Gasteiger partial charge in [-0.15, -0.1) is 5.10 Å². The minimum absolute atomic E-state index is 0.0664. The van der Waals surface area contributed by atoms with Crippen LogP contribution in [0.25, 0.3) is 5.78 Å². The number of anilines is 1. The highest BCUT2D eigenvalue weighted by Crippen LogP contribution is 2.24. The minimum Gasteiger partial charge on any atom is -0.316 e. The van der Waals surface area contributed by atoms with Crippen LogP contribution in [-0.2, 0) is 6.54 Å². The van der Waals surface area contributed by atoms with E-state index in [0.29, 0.717) is 34.3 Å². The van der Waals surface area contributed by atoms with Crippen LogP contribution in [0.3, 0.4) is 0 Å². The number of nitrogens with one attached hydrogen (secondary N) is 1. The molecule has 0 saturated carbocycles. The molecule has 31 heavy (non-hydrogen) atoms. The monoisotopic (exact) mass is 445 g/mol. The molecule has 0 fully saturated rings. The first-order valence-electron chi connectivity index (χ1n) is 9.36. The highest BCUT2D eigenvalue weighted by molar-refractivity contribution is 6.31. The van der Waals surface area contributed by atoms with Crippen molar-refractivity contribution < 1.29 is 13.6 Å². The average molecular weight is 446 g/mol. The molecule has 1 N–H and O–H groups in total. The Hall–Kier alpha value is -3.40. The van der Waals surface area contributed by atoms with Crippen molar-refractivity contribution >= 4 is 29.0 Å². The Bertz CT molecular complexity index is 1300. The van der Waals surface area contributed by atoms with Crippen molar-refractivity contribution in [2.75, 3.05) is 5.32 Å². The molecular weight excluding hydrogens is 428 g/mol. The summed E-state index contributed by atoms with van der Waals surface area (Å²) < 4.78 is 29.2. The molecule has 0 unspecified atom stereocenters. The SMILES string of the molecule is Cc1cc(C(F)F)n2nc(C(=O)Nc3c(C)nn(Cc4ccccc4Cl)c3C)nc2n1. The molecule has 0 bridgehead atoms. The van der Waals surface area contributed by atoms with Crippen molar-refractivity contribution in [3.63, 3.8) is 0 Å². The smallest absolute Gasteiger partial charge is 0.295 e. The fraction of sp³-hybridized carbons (Fsp3) is 0.250. The van der Waals surface area contributed by atoms with Gasteiger partial charge in [0.2, 0.25) is 5.82 Å². The van der Waals surface area contributed by atoms with E-state index in [9.17, 15) is 13.6 Å². The largest absolute Gasteiger partial charge is 0.316 e. The van der Waals surface area contributed by atoms with Crippen LogP contribution in [0.1, 0.15) is 45.4 Å². The quantitative estimate of drug-likeness (QED) is 0.498. The summed E-state index contributed by atoms with van der Waals surface area (Å²) in [7, 11) is 0. The molecule has 3 aromatic heterocycles. The number of fused-ring (bicyclic) bond motifs is 1. The molecule has 160 valence electrons. The zero-order chi connectivity index (χ0) is 22.3. The first-order chi connectivity index (χ1) is 14.7. The number of hydrogen-bond donors (Lipinski definition) is 1. The number of alkyl halides is 2. The average Bonchev–Trinajstić information content (AvgIpc) is 3.25. The second-order valence-electron chi connectivity index (χ2n) is 7.02. The third-order valence-electron chi connectivity index (χ3n) is 4.79. The fourth-order valence-corrected chi connectivity index (χ4v) is 3.45. The lowest BCUT2D eigenvalue weighted by Gasteiger charge is -2.07. The maximum atomic E-state index is 13.3. The molecule has 3 heterocycles. The van der Waals surface area contributed by atoms with Crippen molar-refractivity contribution in [3.8, 4) is 0 Å². The Balaban J connectivity index is 1.63. The standard InChI is InChI=1S/C20H18ClF2N7O/c1-10-8-15(17(22)23)30-20(24-10)26-18(28-30)19(31)25-16-11(2)27-29(12(16)3)9-13-6-4-5-7-14(13)21/h4-8,17H,9H2,1-3H3,(H,25,31). The van der Waals surface area contributed by atoms with Gasteiger partial charge in [-0.3, -0.25) is 9.48 Å². The predicted octanol–water partition coefficient (Wildman–Crippen LogP) is 4.14. The number of nitrogens with zero attached hydrogens (tertiary/aromatic N) is 6. The summed E-state index contributed by atoms with van der Waals surface area (Å²) in [6.45, 7) is 5.56. The van der Waals surface area contributed by atoms with E-state index in [1.165, 1.54) is 6.07 Å². The van der Waals surface area contributed by atoms with E-state index in [1.54, 1.807) is 24.6 Å². The molecule has 0 saturated heterocycles. The highest BCUT2D eigenvalue weighted by Gasteiger charge is 2.22. The molecule has 8 nitrogen and oxygen atoms in total. The van der Waals surface area contributed by atoms with Gasteiger partial charge in [0.15, 0.2) is 0 Å². The first-order valence-corrected chi connectivity index (χ1v) is 9.73. The number of benzene rings is 1. The van der Waals surface area contributed by atoms with E-state index in [1.807, 2.05) is 25.1 Å². The van der Waals surface area contributed by atoms with Crippen molar-refractivity contribution in [3.05, 3.63) is 69.5 Å². The van der Waals surface area contributed by atoms with Gasteiger partial charge in [0.05, 0.1) is 23.6 Å². The van der Waals surface area contributed by atoms with Gasteiger partial charge in [-0.25, -0.2) is 13.8 Å². The summed E-state index contributed by atoms with van der Waals surface area (Å²) in [6, 6.07) is 8.63. The Kier molecular flexibility index (Phi) is 5.40. The van der Waals surface area contributed by atoms with Gasteiger partial charge in [0.25, 0.3) is 18.1 Å². The number of rotatable bonds is 5. The van der Waals surface area contributed by atoms with Crippen LogP contribution < -0.4 is 5.32 Å². The molecule has 0 aliphatic rings. The summed E-state index contributed by atoms with van der Waals surface area (Å²) in [4.78, 5) is 20.8. The molecule has 0 radical (unpaired) electrons. The van der Waals surface area contributed by atoms with Crippen molar-refractivity contribution in [1.82, 2.24) is 29.4 Å². The van der Waals surface area contributed by atoms with E-state index in [0.717, 1.165) is 10.1 Å².